The van der Waals surface area contributed by atoms with Gasteiger partial charge in [-0.2, -0.15) is 0 Å². The number of aromatic carboxylic acids is 1. The summed E-state index contributed by atoms with van der Waals surface area (Å²) in [5, 5.41) is 11.0. The average Bonchev–Trinajstić information content (AvgIpc) is 2.71. The molecular weight excluding hydrogens is 186 g/mol. The van der Waals surface area contributed by atoms with Gasteiger partial charge in [0, 0.05) is 0 Å². The summed E-state index contributed by atoms with van der Waals surface area (Å²) in [7, 11) is 0. The van der Waals surface area contributed by atoms with Gasteiger partial charge in [0.25, 0.3) is 0 Å². The van der Waals surface area contributed by atoms with E-state index in [9.17, 15) is 9.59 Å². The largest absolute Gasteiger partial charge is 0.476 e. The Morgan fingerprint density at radius 3 is 2.64 bits per heavy atom. The van der Waals surface area contributed by atoms with Crippen LogP contribution in [0, 0.1) is 0 Å². The van der Waals surface area contributed by atoms with Gasteiger partial charge < -0.3 is 9.63 Å². The number of aromatic amines is 1. The summed E-state index contributed by atoms with van der Waals surface area (Å²) in [5.41, 5.74) is -0.300. The summed E-state index contributed by atoms with van der Waals surface area (Å²) in [6.45, 7) is 0. The molecule has 1 aromatic heterocycles. The predicted molar refractivity (Wildman–Crippen MR) is 47.5 cm³/mol. The zero-order valence-electron chi connectivity index (χ0n) is 7.58. The van der Waals surface area contributed by atoms with Gasteiger partial charge >= 0.3 is 11.6 Å². The molecule has 2 rings (SSSR count). The molecule has 1 saturated carbocycles. The predicted octanol–water partition coefficient (Wildman–Crippen LogP) is 1.32. The lowest BCUT2D eigenvalue weighted by Gasteiger charge is -2.03. The molecule has 2 N–H and O–H groups in total. The Kier molecular flexibility index (Phi) is 2.15. The van der Waals surface area contributed by atoms with Gasteiger partial charge in [0.15, 0.2) is 5.69 Å². The first-order valence-corrected chi connectivity index (χ1v) is 4.65. The van der Waals surface area contributed by atoms with Gasteiger partial charge in [-0.3, -0.25) is 0 Å². The molecular formula is C9H11NO4. The normalized spacial score (nSPS) is 17.4. The third-order valence-electron chi connectivity index (χ3n) is 2.71. The van der Waals surface area contributed by atoms with Gasteiger partial charge in [-0.25, -0.2) is 14.7 Å². The second kappa shape index (κ2) is 3.32. The van der Waals surface area contributed by atoms with Gasteiger partial charge in [-0.15, -0.1) is 0 Å². The summed E-state index contributed by atoms with van der Waals surface area (Å²) in [6.07, 6.45) is 3.86. The summed E-state index contributed by atoms with van der Waals surface area (Å²) < 4.78 is 4.51. The summed E-state index contributed by atoms with van der Waals surface area (Å²) >= 11 is 0. The van der Waals surface area contributed by atoms with Gasteiger partial charge in [-0.1, -0.05) is 12.8 Å². The van der Waals surface area contributed by atoms with Crippen LogP contribution in [-0.2, 0) is 0 Å². The standard InChI is InChI=1S/C9H11NO4/c11-8(12)7-6(9(13)14-10-7)5-3-1-2-4-5/h5,10H,1-4H2,(H,11,12). The second-order valence-electron chi connectivity index (χ2n) is 3.57. The number of aromatic nitrogens is 1. The molecule has 5 heteroatoms. The minimum Gasteiger partial charge on any atom is -0.476 e. The molecule has 0 aliphatic heterocycles. The average molecular weight is 197 g/mol. The Balaban J connectivity index is 2.43. The van der Waals surface area contributed by atoms with Gasteiger partial charge in [0.1, 0.15) is 0 Å². The van der Waals surface area contributed by atoms with Crippen molar-refractivity contribution < 1.29 is 14.4 Å². The lowest BCUT2D eigenvalue weighted by molar-refractivity contribution is 0.0684. The highest BCUT2D eigenvalue weighted by molar-refractivity contribution is 5.86. The van der Waals surface area contributed by atoms with Crippen LogP contribution < -0.4 is 5.63 Å². The number of hydrogen-bond donors (Lipinski definition) is 2. The topological polar surface area (TPSA) is 83.3 Å². The van der Waals surface area contributed by atoms with E-state index in [1.54, 1.807) is 0 Å². The Morgan fingerprint density at radius 1 is 1.43 bits per heavy atom. The van der Waals surface area contributed by atoms with Crippen molar-refractivity contribution in [1.29, 1.82) is 0 Å². The van der Waals surface area contributed by atoms with Crippen LogP contribution in [0.5, 0.6) is 0 Å². The molecule has 0 radical (unpaired) electrons. The maximum Gasteiger partial charge on any atom is 0.361 e. The molecule has 0 spiro atoms. The summed E-state index contributed by atoms with van der Waals surface area (Å²) in [5.74, 6) is -1.07. The quantitative estimate of drug-likeness (QED) is 0.749. The van der Waals surface area contributed by atoms with Gasteiger partial charge in [0.05, 0.1) is 5.56 Å². The fourth-order valence-corrected chi connectivity index (χ4v) is 2.05. The number of carboxylic acids is 1. The maximum atomic E-state index is 11.3. The molecule has 1 aromatic rings. The highest BCUT2D eigenvalue weighted by atomic mass is 16.5. The van der Waals surface area contributed by atoms with E-state index in [0.717, 1.165) is 25.7 Å². The minimum absolute atomic E-state index is 0.0589. The van der Waals surface area contributed by atoms with Crippen LogP contribution in [0.4, 0.5) is 0 Å². The molecule has 1 fully saturated rings. The van der Waals surface area contributed by atoms with Crippen LogP contribution in [0.2, 0.25) is 0 Å². The van der Waals surface area contributed by atoms with Crippen molar-refractivity contribution in [2.75, 3.05) is 0 Å². The Morgan fingerprint density at radius 2 is 2.07 bits per heavy atom. The van der Waals surface area contributed by atoms with Crippen molar-refractivity contribution >= 4 is 5.97 Å². The molecule has 0 amide bonds. The first kappa shape index (κ1) is 9.05. The van der Waals surface area contributed by atoms with Crippen molar-refractivity contribution in [2.45, 2.75) is 31.6 Å². The van der Waals surface area contributed by atoms with Crippen molar-refractivity contribution in [3.63, 3.8) is 0 Å². The van der Waals surface area contributed by atoms with E-state index in [1.165, 1.54) is 0 Å². The minimum atomic E-state index is -1.13. The molecule has 0 saturated heterocycles. The van der Waals surface area contributed by atoms with Crippen LogP contribution in [0.1, 0.15) is 47.7 Å². The Bertz CT molecular complexity index is 397. The molecule has 14 heavy (non-hydrogen) atoms. The number of hydrogen-bond acceptors (Lipinski definition) is 3. The van der Waals surface area contributed by atoms with E-state index in [2.05, 4.69) is 9.68 Å². The molecule has 76 valence electrons. The second-order valence-corrected chi connectivity index (χ2v) is 3.57. The molecule has 0 aromatic carbocycles. The van der Waals surface area contributed by atoms with Crippen LogP contribution in [0.3, 0.4) is 0 Å². The van der Waals surface area contributed by atoms with Crippen LogP contribution in [-0.4, -0.2) is 16.2 Å². The third kappa shape index (κ3) is 1.34. The highest BCUT2D eigenvalue weighted by Crippen LogP contribution is 2.33. The first-order valence-electron chi connectivity index (χ1n) is 4.65. The van der Waals surface area contributed by atoms with E-state index in [1.807, 2.05) is 0 Å². The van der Waals surface area contributed by atoms with E-state index in [-0.39, 0.29) is 11.6 Å². The maximum absolute atomic E-state index is 11.3. The Hall–Kier alpha value is -1.52. The number of carbonyl (C=O) groups is 1. The van der Waals surface area contributed by atoms with Gasteiger partial charge in [0.2, 0.25) is 0 Å². The lowest BCUT2D eigenvalue weighted by atomic mass is 9.98. The zero-order chi connectivity index (χ0) is 10.1. The summed E-state index contributed by atoms with van der Waals surface area (Å²) in [6, 6.07) is 0. The number of H-pyrrole nitrogens is 1. The van der Waals surface area contributed by atoms with E-state index in [4.69, 9.17) is 5.11 Å². The first-order chi connectivity index (χ1) is 6.70. The number of nitrogens with one attached hydrogen (secondary N) is 1. The van der Waals surface area contributed by atoms with Crippen LogP contribution >= 0.6 is 0 Å². The number of carboxylic acid groups (broad SMARTS) is 1. The monoisotopic (exact) mass is 197 g/mol. The fourth-order valence-electron chi connectivity index (χ4n) is 2.05. The van der Waals surface area contributed by atoms with Crippen LogP contribution in [0.15, 0.2) is 9.32 Å². The number of rotatable bonds is 2. The lowest BCUT2D eigenvalue weighted by Crippen LogP contribution is -2.11. The molecule has 5 nitrogen and oxygen atoms in total. The Labute approximate surface area is 79.7 Å². The third-order valence-corrected chi connectivity index (χ3v) is 2.71. The molecule has 0 atom stereocenters. The highest BCUT2D eigenvalue weighted by Gasteiger charge is 2.28. The van der Waals surface area contributed by atoms with Crippen molar-refractivity contribution in [2.24, 2.45) is 0 Å². The molecule has 1 aliphatic rings. The molecule has 1 aliphatic carbocycles. The smallest absolute Gasteiger partial charge is 0.361 e. The van der Waals surface area contributed by atoms with E-state index >= 15 is 0 Å². The van der Waals surface area contributed by atoms with Crippen molar-refractivity contribution in [1.82, 2.24) is 5.16 Å². The fraction of sp³-hybridized carbons (Fsp3) is 0.556. The van der Waals surface area contributed by atoms with E-state index in [0.29, 0.717) is 5.56 Å². The summed E-state index contributed by atoms with van der Waals surface area (Å²) in [4.78, 5) is 22.0. The zero-order valence-corrected chi connectivity index (χ0v) is 7.58. The van der Waals surface area contributed by atoms with Crippen molar-refractivity contribution in [3.05, 3.63) is 21.7 Å². The van der Waals surface area contributed by atoms with Gasteiger partial charge in [-0.05, 0) is 18.8 Å². The molecule has 0 bridgehead atoms. The van der Waals surface area contributed by atoms with E-state index < -0.39 is 11.6 Å². The van der Waals surface area contributed by atoms with Crippen LogP contribution in [0.25, 0.3) is 0 Å². The SMILES string of the molecule is O=C(O)c1[nH]oc(=O)c1C1CCCC1. The molecule has 1 heterocycles. The molecule has 0 unspecified atom stereocenters. The van der Waals surface area contributed by atoms with Crippen molar-refractivity contribution in [3.8, 4) is 0 Å².